The Bertz CT molecular complexity index is 404. The van der Waals surface area contributed by atoms with Gasteiger partial charge in [0, 0.05) is 11.9 Å². The number of hydrogen-bond donors (Lipinski definition) is 1. The van der Waals surface area contributed by atoms with Crippen molar-refractivity contribution < 1.29 is 4.79 Å². The molecule has 1 heterocycles. The summed E-state index contributed by atoms with van der Waals surface area (Å²) in [5.41, 5.74) is 0.880. The number of rotatable bonds is 6. The van der Waals surface area contributed by atoms with Crippen molar-refractivity contribution in [2.75, 3.05) is 11.9 Å². The van der Waals surface area contributed by atoms with E-state index in [1.54, 1.807) is 0 Å². The smallest absolute Gasteiger partial charge is 0.264 e. The van der Waals surface area contributed by atoms with Gasteiger partial charge < -0.3 is 5.32 Å². The van der Waals surface area contributed by atoms with Gasteiger partial charge in [-0.25, -0.2) is 0 Å². The lowest BCUT2D eigenvalue weighted by molar-refractivity contribution is 0.0938. The van der Waals surface area contributed by atoms with Crippen molar-refractivity contribution >= 4 is 33.4 Å². The molecule has 0 spiro atoms. The molecule has 0 saturated carbocycles. The fourth-order valence-corrected chi connectivity index (χ4v) is 3.29. The van der Waals surface area contributed by atoms with Crippen molar-refractivity contribution in [1.29, 1.82) is 0 Å². The average Bonchev–Trinajstić information content (AvgIpc) is 2.74. The molecule has 0 unspecified atom stereocenters. The minimum atomic E-state index is -0.0589. The Hall–Kier alpha value is -0.490. The zero-order chi connectivity index (χ0) is 13.8. The van der Waals surface area contributed by atoms with Crippen LogP contribution in [0.2, 0.25) is 0 Å². The molecule has 0 atom stereocenters. The number of halogens is 1. The monoisotopic (exact) mass is 333 g/mol. The molecular formula is C12H20BrN3OS. The zero-order valence-corrected chi connectivity index (χ0v) is 13.7. The molecule has 0 aliphatic rings. The lowest BCUT2D eigenvalue weighted by atomic mass is 9.90. The van der Waals surface area contributed by atoms with Gasteiger partial charge in [-0.2, -0.15) is 0 Å². The summed E-state index contributed by atoms with van der Waals surface area (Å²) >= 11 is 4.60. The predicted molar refractivity (Wildman–Crippen MR) is 78.5 cm³/mol. The van der Waals surface area contributed by atoms with E-state index in [-0.39, 0.29) is 17.2 Å². The van der Waals surface area contributed by atoms with Crippen LogP contribution in [0.4, 0.5) is 0 Å². The molecule has 1 rings (SSSR count). The van der Waals surface area contributed by atoms with Crippen LogP contribution in [0.15, 0.2) is 0 Å². The summed E-state index contributed by atoms with van der Waals surface area (Å²) in [5.74, 6) is 0.163. The highest BCUT2D eigenvalue weighted by Crippen LogP contribution is 2.22. The maximum Gasteiger partial charge on any atom is 0.264 e. The van der Waals surface area contributed by atoms with Gasteiger partial charge in [-0.05, 0) is 29.3 Å². The topological polar surface area (TPSA) is 54.9 Å². The molecule has 0 aromatic carbocycles. The SMILES string of the molecule is CC(C)c1nnsc1C(=O)NCC(C)(C)CCBr. The van der Waals surface area contributed by atoms with Gasteiger partial charge in [0.15, 0.2) is 0 Å². The average molecular weight is 334 g/mol. The molecule has 1 aromatic rings. The van der Waals surface area contributed by atoms with Gasteiger partial charge in [-0.15, -0.1) is 5.10 Å². The minimum absolute atomic E-state index is 0.0589. The summed E-state index contributed by atoms with van der Waals surface area (Å²) in [6.07, 6.45) is 1.02. The molecule has 102 valence electrons. The summed E-state index contributed by atoms with van der Waals surface area (Å²) in [7, 11) is 0. The van der Waals surface area contributed by atoms with E-state index in [0.29, 0.717) is 11.4 Å². The molecule has 0 radical (unpaired) electrons. The van der Waals surface area contributed by atoms with Crippen molar-refractivity contribution in [3.63, 3.8) is 0 Å². The van der Waals surface area contributed by atoms with Gasteiger partial charge in [0.25, 0.3) is 5.91 Å². The van der Waals surface area contributed by atoms with Crippen molar-refractivity contribution in [2.24, 2.45) is 5.41 Å². The molecule has 6 heteroatoms. The van der Waals surface area contributed by atoms with E-state index < -0.39 is 0 Å². The van der Waals surface area contributed by atoms with Crippen molar-refractivity contribution in [2.45, 2.75) is 40.0 Å². The van der Waals surface area contributed by atoms with E-state index in [2.05, 4.69) is 44.7 Å². The van der Waals surface area contributed by atoms with E-state index in [0.717, 1.165) is 17.4 Å². The number of nitrogens with zero attached hydrogens (tertiary/aromatic N) is 2. The van der Waals surface area contributed by atoms with Gasteiger partial charge in [-0.1, -0.05) is 48.1 Å². The van der Waals surface area contributed by atoms with Crippen LogP contribution < -0.4 is 5.32 Å². The predicted octanol–water partition coefficient (Wildman–Crippen LogP) is 3.20. The molecule has 1 amide bonds. The van der Waals surface area contributed by atoms with Gasteiger partial charge in [0.05, 0.1) is 5.69 Å². The molecule has 0 saturated heterocycles. The first kappa shape index (κ1) is 15.6. The molecule has 1 N–H and O–H groups in total. The largest absolute Gasteiger partial charge is 0.351 e. The number of aromatic nitrogens is 2. The second-order valence-corrected chi connectivity index (χ2v) is 6.97. The Morgan fingerprint density at radius 3 is 2.72 bits per heavy atom. The second-order valence-electron chi connectivity index (χ2n) is 5.43. The van der Waals surface area contributed by atoms with Gasteiger partial charge >= 0.3 is 0 Å². The third-order valence-electron chi connectivity index (χ3n) is 2.77. The highest BCUT2D eigenvalue weighted by Gasteiger charge is 2.22. The Morgan fingerprint density at radius 2 is 2.17 bits per heavy atom. The van der Waals surface area contributed by atoms with E-state index in [4.69, 9.17) is 0 Å². The fraction of sp³-hybridized carbons (Fsp3) is 0.750. The van der Waals surface area contributed by atoms with Gasteiger partial charge in [0.2, 0.25) is 0 Å². The highest BCUT2D eigenvalue weighted by atomic mass is 79.9. The standard InChI is InChI=1S/C12H20BrN3OS/c1-8(2)9-10(18-16-15-9)11(17)14-7-12(3,4)5-6-13/h8H,5-7H2,1-4H3,(H,14,17). The lowest BCUT2D eigenvalue weighted by Gasteiger charge is -2.23. The van der Waals surface area contributed by atoms with E-state index >= 15 is 0 Å². The first-order valence-electron chi connectivity index (χ1n) is 6.04. The molecule has 0 aliphatic carbocycles. The summed E-state index contributed by atoms with van der Waals surface area (Å²) < 4.78 is 3.87. The highest BCUT2D eigenvalue weighted by molar-refractivity contribution is 9.09. The third kappa shape index (κ3) is 4.31. The molecule has 4 nitrogen and oxygen atoms in total. The van der Waals surface area contributed by atoms with Crippen molar-refractivity contribution in [1.82, 2.24) is 14.9 Å². The summed E-state index contributed by atoms with van der Waals surface area (Å²) in [5, 5.41) is 7.93. The molecule has 18 heavy (non-hydrogen) atoms. The molecule has 0 bridgehead atoms. The minimum Gasteiger partial charge on any atom is -0.351 e. The number of amides is 1. The number of alkyl halides is 1. The maximum atomic E-state index is 12.1. The van der Waals surface area contributed by atoms with E-state index in [1.165, 1.54) is 11.5 Å². The summed E-state index contributed by atoms with van der Waals surface area (Å²) in [4.78, 5) is 12.7. The Balaban J connectivity index is 2.63. The van der Waals surface area contributed by atoms with Crippen LogP contribution in [0.25, 0.3) is 0 Å². The van der Waals surface area contributed by atoms with E-state index in [9.17, 15) is 4.79 Å². The Kier molecular flexibility index (Phi) is 5.72. The van der Waals surface area contributed by atoms with E-state index in [1.807, 2.05) is 13.8 Å². The normalized spacial score (nSPS) is 11.9. The number of carbonyl (C=O) groups excluding carboxylic acids is 1. The maximum absolute atomic E-state index is 12.1. The van der Waals surface area contributed by atoms with Crippen LogP contribution >= 0.6 is 27.5 Å². The molecular weight excluding hydrogens is 314 g/mol. The van der Waals surface area contributed by atoms with Crippen molar-refractivity contribution in [3.05, 3.63) is 10.6 Å². The zero-order valence-electron chi connectivity index (χ0n) is 11.3. The summed E-state index contributed by atoms with van der Waals surface area (Å²) in [6, 6.07) is 0. The number of carbonyl (C=O) groups is 1. The van der Waals surface area contributed by atoms with Crippen LogP contribution in [-0.4, -0.2) is 27.4 Å². The lowest BCUT2D eigenvalue weighted by Crippen LogP contribution is -2.34. The van der Waals surface area contributed by atoms with Gasteiger partial charge in [0.1, 0.15) is 4.88 Å². The van der Waals surface area contributed by atoms with Crippen LogP contribution in [0.1, 0.15) is 55.4 Å². The first-order chi connectivity index (χ1) is 8.37. The molecule has 1 aromatic heterocycles. The second kappa shape index (κ2) is 6.61. The van der Waals surface area contributed by atoms with Gasteiger partial charge in [-0.3, -0.25) is 4.79 Å². The van der Waals surface area contributed by atoms with Crippen molar-refractivity contribution in [3.8, 4) is 0 Å². The fourth-order valence-electron chi connectivity index (χ4n) is 1.48. The van der Waals surface area contributed by atoms with Crippen LogP contribution in [0, 0.1) is 5.41 Å². The quantitative estimate of drug-likeness (QED) is 0.813. The third-order valence-corrected chi connectivity index (χ3v) is 3.90. The van der Waals surface area contributed by atoms with Crippen LogP contribution in [0.3, 0.4) is 0 Å². The molecule has 0 aliphatic heterocycles. The Morgan fingerprint density at radius 1 is 1.50 bits per heavy atom. The van der Waals surface area contributed by atoms with Crippen LogP contribution in [-0.2, 0) is 0 Å². The molecule has 0 fully saturated rings. The summed E-state index contributed by atoms with van der Waals surface area (Å²) in [6.45, 7) is 8.98. The Labute approximate surface area is 121 Å². The van der Waals surface area contributed by atoms with Crippen LogP contribution in [0.5, 0.6) is 0 Å². The first-order valence-corrected chi connectivity index (χ1v) is 7.93. The number of nitrogens with one attached hydrogen (secondary N) is 1. The number of hydrogen-bond acceptors (Lipinski definition) is 4.